The number of nitrogens with zero attached hydrogens (tertiary/aromatic N) is 1. The highest BCUT2D eigenvalue weighted by Crippen LogP contribution is 2.33. The van der Waals surface area contributed by atoms with Crippen molar-refractivity contribution in [3.63, 3.8) is 0 Å². The highest BCUT2D eigenvalue weighted by Gasteiger charge is 2.41. The highest BCUT2D eigenvalue weighted by molar-refractivity contribution is 7.11. The summed E-state index contributed by atoms with van der Waals surface area (Å²) in [7, 11) is 0. The van der Waals surface area contributed by atoms with Crippen molar-refractivity contribution in [2.24, 2.45) is 5.92 Å². The fourth-order valence-corrected chi connectivity index (χ4v) is 3.61. The molecule has 1 aliphatic rings. The summed E-state index contributed by atoms with van der Waals surface area (Å²) >= 11 is 1.69. The molecule has 2 nitrogen and oxygen atoms in total. The fourth-order valence-electron chi connectivity index (χ4n) is 2.59. The standard InChI is InChI=1S/C15H23F3N2S/c1-11(2)19-8-13-5-6-14(21-13)10-20-7-3-4-12(9-20)15(16,17)18/h5-6,11-12,19H,3-4,7-10H2,1-2H3. The zero-order valence-electron chi connectivity index (χ0n) is 12.5. The van der Waals surface area contributed by atoms with Gasteiger partial charge >= 0.3 is 6.18 Å². The summed E-state index contributed by atoms with van der Waals surface area (Å²) in [6.07, 6.45) is -3.15. The van der Waals surface area contributed by atoms with Crippen molar-refractivity contribution in [3.05, 3.63) is 21.9 Å². The molecule has 0 spiro atoms. The van der Waals surface area contributed by atoms with E-state index in [1.165, 1.54) is 4.88 Å². The number of hydrogen-bond acceptors (Lipinski definition) is 3. The first-order valence-corrected chi connectivity index (χ1v) is 8.26. The van der Waals surface area contributed by atoms with Gasteiger partial charge in [-0.1, -0.05) is 13.8 Å². The highest BCUT2D eigenvalue weighted by atomic mass is 32.1. The van der Waals surface area contributed by atoms with Crippen molar-refractivity contribution in [3.8, 4) is 0 Å². The van der Waals surface area contributed by atoms with E-state index in [0.717, 1.165) is 18.0 Å². The van der Waals surface area contributed by atoms with Crippen LogP contribution in [0.15, 0.2) is 12.1 Å². The molecule has 0 amide bonds. The summed E-state index contributed by atoms with van der Waals surface area (Å²) in [5, 5.41) is 3.35. The van der Waals surface area contributed by atoms with Crippen molar-refractivity contribution in [2.75, 3.05) is 13.1 Å². The van der Waals surface area contributed by atoms with Crippen LogP contribution >= 0.6 is 11.3 Å². The Balaban J connectivity index is 1.86. The molecule has 1 aliphatic heterocycles. The van der Waals surface area contributed by atoms with Gasteiger partial charge in [0.25, 0.3) is 0 Å². The number of alkyl halides is 3. The molecule has 21 heavy (non-hydrogen) atoms. The second-order valence-electron chi connectivity index (χ2n) is 6.02. The Hall–Kier alpha value is -0.590. The first kappa shape index (κ1) is 16.8. The van der Waals surface area contributed by atoms with Crippen molar-refractivity contribution in [2.45, 2.75) is 52.0 Å². The van der Waals surface area contributed by atoms with E-state index in [1.807, 2.05) is 11.0 Å². The van der Waals surface area contributed by atoms with Crippen LogP contribution in [0.3, 0.4) is 0 Å². The van der Waals surface area contributed by atoms with E-state index in [9.17, 15) is 13.2 Å². The lowest BCUT2D eigenvalue weighted by atomic mass is 9.97. The van der Waals surface area contributed by atoms with Gasteiger partial charge in [-0.25, -0.2) is 0 Å². The van der Waals surface area contributed by atoms with Gasteiger partial charge in [0.1, 0.15) is 0 Å². The van der Waals surface area contributed by atoms with Crippen molar-refractivity contribution >= 4 is 11.3 Å². The van der Waals surface area contributed by atoms with Gasteiger partial charge in [-0.05, 0) is 31.5 Å². The van der Waals surface area contributed by atoms with Crippen LogP contribution < -0.4 is 5.32 Å². The molecule has 0 radical (unpaired) electrons. The summed E-state index contributed by atoms with van der Waals surface area (Å²) < 4.78 is 38.4. The predicted molar refractivity (Wildman–Crippen MR) is 80.4 cm³/mol. The second kappa shape index (κ2) is 7.11. The third kappa shape index (κ3) is 5.27. The molecule has 1 fully saturated rings. The Kier molecular flexibility index (Phi) is 5.68. The van der Waals surface area contributed by atoms with Gasteiger partial charge in [-0.2, -0.15) is 13.2 Å². The number of piperidine rings is 1. The van der Waals surface area contributed by atoms with E-state index in [0.29, 0.717) is 19.0 Å². The van der Waals surface area contributed by atoms with Crippen molar-refractivity contribution in [1.29, 1.82) is 0 Å². The van der Waals surface area contributed by atoms with Crippen LogP contribution in [0.5, 0.6) is 0 Å². The molecule has 1 aromatic rings. The minimum atomic E-state index is -4.06. The van der Waals surface area contributed by atoms with Crippen molar-refractivity contribution < 1.29 is 13.2 Å². The van der Waals surface area contributed by atoms with Gasteiger partial charge in [-0.15, -0.1) is 11.3 Å². The maximum Gasteiger partial charge on any atom is 0.393 e. The molecule has 2 rings (SSSR count). The number of hydrogen-bond donors (Lipinski definition) is 1. The van der Waals surface area contributed by atoms with E-state index in [1.54, 1.807) is 11.3 Å². The van der Waals surface area contributed by atoms with Crippen LogP contribution in [0.2, 0.25) is 0 Å². The minimum absolute atomic E-state index is 0.140. The molecule has 0 aromatic carbocycles. The number of thiophene rings is 1. The Labute approximate surface area is 128 Å². The molecule has 1 aromatic heterocycles. The summed E-state index contributed by atoms with van der Waals surface area (Å²) in [5.41, 5.74) is 0. The Bertz CT molecular complexity index is 442. The zero-order chi connectivity index (χ0) is 15.5. The van der Waals surface area contributed by atoms with Gasteiger partial charge in [0.15, 0.2) is 0 Å². The minimum Gasteiger partial charge on any atom is -0.310 e. The van der Waals surface area contributed by atoms with E-state index >= 15 is 0 Å². The topological polar surface area (TPSA) is 15.3 Å². The van der Waals surface area contributed by atoms with E-state index in [2.05, 4.69) is 25.2 Å². The van der Waals surface area contributed by atoms with E-state index in [-0.39, 0.29) is 13.0 Å². The third-order valence-corrected chi connectivity index (χ3v) is 4.82. The SMILES string of the molecule is CC(C)NCc1ccc(CN2CCCC(C(F)(F)F)C2)s1. The van der Waals surface area contributed by atoms with Gasteiger partial charge < -0.3 is 5.32 Å². The zero-order valence-corrected chi connectivity index (χ0v) is 13.4. The van der Waals surface area contributed by atoms with E-state index in [4.69, 9.17) is 0 Å². The lowest BCUT2D eigenvalue weighted by molar-refractivity contribution is -0.187. The average molecular weight is 320 g/mol. The Morgan fingerprint density at radius 3 is 2.71 bits per heavy atom. The Morgan fingerprint density at radius 2 is 2.05 bits per heavy atom. The molecule has 1 atom stereocenters. The smallest absolute Gasteiger partial charge is 0.310 e. The molecule has 0 bridgehead atoms. The largest absolute Gasteiger partial charge is 0.393 e. The van der Waals surface area contributed by atoms with Crippen LogP contribution in [-0.4, -0.2) is 30.2 Å². The fraction of sp³-hybridized carbons (Fsp3) is 0.733. The molecule has 2 heterocycles. The van der Waals surface area contributed by atoms with Gasteiger partial charge in [0, 0.05) is 35.4 Å². The summed E-state index contributed by atoms with van der Waals surface area (Å²) in [4.78, 5) is 4.33. The lowest BCUT2D eigenvalue weighted by Crippen LogP contribution is -2.41. The van der Waals surface area contributed by atoms with Crippen LogP contribution in [0.4, 0.5) is 13.2 Å². The van der Waals surface area contributed by atoms with Crippen LogP contribution in [0.1, 0.15) is 36.4 Å². The maximum atomic E-state index is 12.8. The van der Waals surface area contributed by atoms with Crippen LogP contribution in [0, 0.1) is 5.92 Å². The molecular formula is C15H23F3N2S. The molecule has 120 valence electrons. The van der Waals surface area contributed by atoms with Crippen LogP contribution in [-0.2, 0) is 13.1 Å². The van der Waals surface area contributed by atoms with Crippen molar-refractivity contribution in [1.82, 2.24) is 10.2 Å². The first-order chi connectivity index (χ1) is 9.84. The summed E-state index contributed by atoms with van der Waals surface area (Å²) in [6.45, 7) is 6.57. The first-order valence-electron chi connectivity index (χ1n) is 7.44. The molecule has 1 N–H and O–H groups in total. The monoisotopic (exact) mass is 320 g/mol. The summed E-state index contributed by atoms with van der Waals surface area (Å²) in [5.74, 6) is -1.16. The van der Waals surface area contributed by atoms with E-state index < -0.39 is 12.1 Å². The van der Waals surface area contributed by atoms with Gasteiger partial charge in [0.05, 0.1) is 5.92 Å². The average Bonchev–Trinajstić information content (AvgIpc) is 2.83. The second-order valence-corrected chi connectivity index (χ2v) is 7.27. The molecule has 6 heteroatoms. The third-order valence-electron chi connectivity index (χ3n) is 3.75. The summed E-state index contributed by atoms with van der Waals surface area (Å²) in [6, 6.07) is 4.55. The molecule has 0 aliphatic carbocycles. The Morgan fingerprint density at radius 1 is 1.33 bits per heavy atom. The number of nitrogens with one attached hydrogen (secondary N) is 1. The molecule has 1 saturated heterocycles. The molecule has 0 saturated carbocycles. The molecular weight excluding hydrogens is 297 g/mol. The normalized spacial score (nSPS) is 21.1. The quantitative estimate of drug-likeness (QED) is 0.881. The predicted octanol–water partition coefficient (Wildman–Crippen LogP) is 4.02. The van der Waals surface area contributed by atoms with Gasteiger partial charge in [-0.3, -0.25) is 4.90 Å². The van der Waals surface area contributed by atoms with Crippen LogP contribution in [0.25, 0.3) is 0 Å². The van der Waals surface area contributed by atoms with Gasteiger partial charge in [0.2, 0.25) is 0 Å². The number of likely N-dealkylation sites (tertiary alicyclic amines) is 1. The lowest BCUT2D eigenvalue weighted by Gasteiger charge is -2.33. The molecule has 1 unspecified atom stereocenters. The number of halogens is 3. The maximum absolute atomic E-state index is 12.8. The number of rotatable bonds is 5.